The van der Waals surface area contributed by atoms with Crippen molar-refractivity contribution < 1.29 is 14.6 Å². The van der Waals surface area contributed by atoms with Crippen LogP contribution in [0.5, 0.6) is 0 Å². The number of ketones is 1. The highest BCUT2D eigenvalue weighted by Gasteiger charge is 2.29. The Morgan fingerprint density at radius 2 is 1.56 bits per heavy atom. The van der Waals surface area contributed by atoms with Gasteiger partial charge in [-0.15, -0.1) is 0 Å². The molecule has 0 fully saturated rings. The fourth-order valence-electron chi connectivity index (χ4n) is 1.40. The predicted molar refractivity (Wildman–Crippen MR) is 63.5 cm³/mol. The maximum atomic E-state index is 11.9. The van der Waals surface area contributed by atoms with Crippen LogP contribution in [0.15, 0.2) is 18.2 Å². The molecule has 0 saturated heterocycles. The van der Waals surface area contributed by atoms with Gasteiger partial charge in [0, 0.05) is 23.1 Å². The molecule has 0 unspecified atom stereocenters. The van der Waals surface area contributed by atoms with Crippen molar-refractivity contribution >= 4 is 17.2 Å². The molecule has 96 valence electrons. The van der Waals surface area contributed by atoms with Crippen molar-refractivity contribution in [2.75, 3.05) is 0 Å². The Morgan fingerprint density at radius 1 is 1.06 bits per heavy atom. The monoisotopic (exact) mass is 252 g/mol. The van der Waals surface area contributed by atoms with Crippen molar-refractivity contribution in [2.45, 2.75) is 20.8 Å². The van der Waals surface area contributed by atoms with Crippen LogP contribution in [0.1, 0.15) is 31.1 Å². The molecule has 0 N–H and O–H groups in total. The largest absolute Gasteiger partial charge is 0.346 e. The highest BCUT2D eigenvalue weighted by Crippen LogP contribution is 2.30. The number of benzene rings is 1. The van der Waals surface area contributed by atoms with Crippen LogP contribution in [0.4, 0.5) is 11.4 Å². The summed E-state index contributed by atoms with van der Waals surface area (Å²) < 4.78 is 0. The molecule has 0 aromatic heterocycles. The van der Waals surface area contributed by atoms with E-state index in [4.69, 9.17) is 0 Å². The van der Waals surface area contributed by atoms with Crippen LogP contribution in [0.25, 0.3) is 0 Å². The zero-order valence-corrected chi connectivity index (χ0v) is 10.2. The van der Waals surface area contributed by atoms with Gasteiger partial charge >= 0.3 is 11.4 Å². The summed E-state index contributed by atoms with van der Waals surface area (Å²) in [7, 11) is 0. The van der Waals surface area contributed by atoms with E-state index in [9.17, 15) is 25.0 Å². The van der Waals surface area contributed by atoms with Gasteiger partial charge in [0.1, 0.15) is 0 Å². The molecular formula is C11H12N2O5. The first-order chi connectivity index (χ1) is 8.14. The van der Waals surface area contributed by atoms with Crippen molar-refractivity contribution in [1.29, 1.82) is 0 Å². The molecule has 0 amide bonds. The summed E-state index contributed by atoms with van der Waals surface area (Å²) in [6, 6.07) is 3.17. The third-order valence-corrected chi connectivity index (χ3v) is 2.31. The number of Topliss-reactive ketones (excluding diaryl/α,β-unsaturated/α-hetero) is 1. The summed E-state index contributed by atoms with van der Waals surface area (Å²) in [5.74, 6) is -0.305. The van der Waals surface area contributed by atoms with Gasteiger partial charge in [-0.05, 0) is 6.07 Å². The van der Waals surface area contributed by atoms with Crippen molar-refractivity contribution in [1.82, 2.24) is 0 Å². The average Bonchev–Trinajstić information content (AvgIpc) is 2.25. The SMILES string of the molecule is CC(C)(C)C(=O)c1ccc([N+](=O)[O-])c([N+](=O)[O-])c1. The molecule has 0 radical (unpaired) electrons. The van der Waals surface area contributed by atoms with Gasteiger partial charge in [-0.1, -0.05) is 20.8 Å². The Kier molecular flexibility index (Phi) is 3.45. The lowest BCUT2D eigenvalue weighted by molar-refractivity contribution is -0.422. The Hall–Kier alpha value is -2.31. The van der Waals surface area contributed by atoms with Crippen LogP contribution in [0.2, 0.25) is 0 Å². The van der Waals surface area contributed by atoms with Crippen molar-refractivity contribution in [3.05, 3.63) is 44.0 Å². The second kappa shape index (κ2) is 4.52. The average molecular weight is 252 g/mol. The van der Waals surface area contributed by atoms with E-state index >= 15 is 0 Å². The molecule has 0 bridgehead atoms. The summed E-state index contributed by atoms with van der Waals surface area (Å²) in [6.07, 6.45) is 0. The molecular weight excluding hydrogens is 240 g/mol. The number of hydrogen-bond acceptors (Lipinski definition) is 5. The lowest BCUT2D eigenvalue weighted by atomic mass is 9.86. The van der Waals surface area contributed by atoms with E-state index in [2.05, 4.69) is 0 Å². The molecule has 0 aliphatic heterocycles. The molecule has 0 saturated carbocycles. The standard InChI is InChI=1S/C11H12N2O5/c1-11(2,3)10(14)7-4-5-8(12(15)16)9(6-7)13(17)18/h4-6H,1-3H3. The minimum absolute atomic E-state index is 0.0970. The summed E-state index contributed by atoms with van der Waals surface area (Å²) >= 11 is 0. The number of carbonyl (C=O) groups excluding carboxylic acids is 1. The summed E-state index contributed by atoms with van der Waals surface area (Å²) in [5, 5.41) is 21.4. The number of nitro groups is 2. The Morgan fingerprint density at radius 3 is 1.94 bits per heavy atom. The molecule has 0 spiro atoms. The van der Waals surface area contributed by atoms with E-state index in [-0.39, 0.29) is 11.3 Å². The Balaban J connectivity index is 3.37. The summed E-state index contributed by atoms with van der Waals surface area (Å²) in [6.45, 7) is 5.01. The van der Waals surface area contributed by atoms with Crippen molar-refractivity contribution in [3.63, 3.8) is 0 Å². The van der Waals surface area contributed by atoms with Crippen LogP contribution < -0.4 is 0 Å². The minimum atomic E-state index is -0.864. The molecule has 0 heterocycles. The van der Waals surface area contributed by atoms with Gasteiger partial charge < -0.3 is 0 Å². The van der Waals surface area contributed by atoms with Crippen molar-refractivity contribution in [2.24, 2.45) is 5.41 Å². The highest BCUT2D eigenvalue weighted by molar-refractivity contribution is 6.00. The molecule has 7 heteroatoms. The third kappa shape index (κ3) is 2.68. The first-order valence-corrected chi connectivity index (χ1v) is 5.12. The van der Waals surface area contributed by atoms with Gasteiger partial charge in [-0.3, -0.25) is 25.0 Å². The Labute approximate surface area is 103 Å². The third-order valence-electron chi connectivity index (χ3n) is 2.31. The topological polar surface area (TPSA) is 103 Å². The number of carbonyl (C=O) groups is 1. The smallest absolute Gasteiger partial charge is 0.294 e. The van der Waals surface area contributed by atoms with Crippen LogP contribution in [0, 0.1) is 25.6 Å². The molecule has 1 aromatic carbocycles. The minimum Gasteiger partial charge on any atom is -0.294 e. The molecule has 0 aliphatic carbocycles. The molecule has 1 aromatic rings. The van der Waals surface area contributed by atoms with Gasteiger partial charge in [0.15, 0.2) is 5.78 Å². The number of rotatable bonds is 3. The lowest BCUT2D eigenvalue weighted by Crippen LogP contribution is -2.20. The maximum absolute atomic E-state index is 11.9. The van der Waals surface area contributed by atoms with Gasteiger partial charge in [-0.25, -0.2) is 0 Å². The molecule has 0 aliphatic rings. The van der Waals surface area contributed by atoms with Gasteiger partial charge in [0.05, 0.1) is 9.85 Å². The zero-order chi connectivity index (χ0) is 14.1. The summed E-state index contributed by atoms with van der Waals surface area (Å²) in [4.78, 5) is 31.6. The zero-order valence-electron chi connectivity index (χ0n) is 10.2. The van der Waals surface area contributed by atoms with Crippen LogP contribution >= 0.6 is 0 Å². The van der Waals surface area contributed by atoms with E-state index in [1.54, 1.807) is 20.8 Å². The Bertz CT molecular complexity index is 531. The van der Waals surface area contributed by atoms with Gasteiger partial charge in [0.25, 0.3) is 0 Å². The maximum Gasteiger partial charge on any atom is 0.346 e. The van der Waals surface area contributed by atoms with E-state index in [0.717, 1.165) is 12.1 Å². The summed E-state index contributed by atoms with van der Waals surface area (Å²) in [5.41, 5.74) is -1.90. The van der Waals surface area contributed by atoms with Gasteiger partial charge in [-0.2, -0.15) is 0 Å². The molecule has 7 nitrogen and oxygen atoms in total. The fourth-order valence-corrected chi connectivity index (χ4v) is 1.40. The highest BCUT2D eigenvalue weighted by atomic mass is 16.6. The van der Waals surface area contributed by atoms with Gasteiger partial charge in [0.2, 0.25) is 0 Å². The first-order valence-electron chi connectivity index (χ1n) is 5.12. The molecule has 0 atom stereocenters. The van der Waals surface area contributed by atoms with E-state index in [1.807, 2.05) is 0 Å². The number of hydrogen-bond donors (Lipinski definition) is 0. The van der Waals surface area contributed by atoms with E-state index in [0.29, 0.717) is 0 Å². The van der Waals surface area contributed by atoms with Crippen LogP contribution in [-0.2, 0) is 0 Å². The van der Waals surface area contributed by atoms with Crippen molar-refractivity contribution in [3.8, 4) is 0 Å². The van der Waals surface area contributed by atoms with E-state index < -0.39 is 26.6 Å². The van der Waals surface area contributed by atoms with E-state index in [1.165, 1.54) is 6.07 Å². The normalized spacial score (nSPS) is 11.1. The van der Waals surface area contributed by atoms with Crippen LogP contribution in [0.3, 0.4) is 0 Å². The molecule has 18 heavy (non-hydrogen) atoms. The fraction of sp³-hybridized carbons (Fsp3) is 0.364. The predicted octanol–water partition coefficient (Wildman–Crippen LogP) is 2.73. The lowest BCUT2D eigenvalue weighted by Gasteiger charge is -2.16. The molecule has 1 rings (SSSR count). The first kappa shape index (κ1) is 13.8. The number of nitro benzene ring substituents is 2. The second-order valence-electron chi connectivity index (χ2n) is 4.80. The number of nitrogens with zero attached hydrogens (tertiary/aromatic N) is 2. The quantitative estimate of drug-likeness (QED) is 0.467. The second-order valence-corrected chi connectivity index (χ2v) is 4.80. The van der Waals surface area contributed by atoms with Crippen LogP contribution in [-0.4, -0.2) is 15.6 Å².